The van der Waals surface area contributed by atoms with Crippen LogP contribution in [-0.2, 0) is 6.54 Å². The third kappa shape index (κ3) is 2.72. The van der Waals surface area contributed by atoms with E-state index in [0.29, 0.717) is 23.8 Å². The predicted octanol–water partition coefficient (Wildman–Crippen LogP) is 4.10. The lowest BCUT2D eigenvalue weighted by Crippen LogP contribution is -2.20. The van der Waals surface area contributed by atoms with Crippen LogP contribution < -0.4 is 10.6 Å². The minimum atomic E-state index is -0.271. The lowest BCUT2D eigenvalue weighted by atomic mass is 10.1. The third-order valence-corrected chi connectivity index (χ3v) is 3.32. The standard InChI is InChI=1S/C15H16ClFN2/c1-2-19(14-9-4-3-8-13(14)17)15-11(10-18)6-5-7-12(15)16/h3-9H,2,10,18H2,1H3. The summed E-state index contributed by atoms with van der Waals surface area (Å²) in [7, 11) is 0. The van der Waals surface area contributed by atoms with Crippen LogP contribution in [0.25, 0.3) is 0 Å². The van der Waals surface area contributed by atoms with Gasteiger partial charge in [0.05, 0.1) is 16.4 Å². The minimum absolute atomic E-state index is 0.271. The van der Waals surface area contributed by atoms with Gasteiger partial charge in [0.25, 0.3) is 0 Å². The van der Waals surface area contributed by atoms with Gasteiger partial charge in [-0.25, -0.2) is 4.39 Å². The Morgan fingerprint density at radius 2 is 1.89 bits per heavy atom. The SMILES string of the molecule is CCN(c1ccccc1F)c1c(Cl)cccc1CN. The van der Waals surface area contributed by atoms with Crippen LogP contribution >= 0.6 is 11.6 Å². The Morgan fingerprint density at radius 3 is 2.53 bits per heavy atom. The van der Waals surface area contributed by atoms with Gasteiger partial charge in [0.1, 0.15) is 5.82 Å². The molecule has 0 aliphatic carbocycles. The summed E-state index contributed by atoms with van der Waals surface area (Å²) in [6, 6.07) is 12.2. The van der Waals surface area contributed by atoms with Crippen LogP contribution in [0.1, 0.15) is 12.5 Å². The first-order valence-corrected chi connectivity index (χ1v) is 6.56. The predicted molar refractivity (Wildman–Crippen MR) is 78.4 cm³/mol. The number of benzene rings is 2. The van der Waals surface area contributed by atoms with E-state index in [1.165, 1.54) is 6.07 Å². The Kier molecular flexibility index (Phi) is 4.40. The maximum atomic E-state index is 14.0. The summed E-state index contributed by atoms with van der Waals surface area (Å²) >= 11 is 6.26. The highest BCUT2D eigenvalue weighted by molar-refractivity contribution is 6.33. The van der Waals surface area contributed by atoms with E-state index < -0.39 is 0 Å². The van der Waals surface area contributed by atoms with E-state index in [1.807, 2.05) is 24.0 Å². The Labute approximate surface area is 117 Å². The van der Waals surface area contributed by atoms with Crippen molar-refractivity contribution in [2.75, 3.05) is 11.4 Å². The van der Waals surface area contributed by atoms with Gasteiger partial charge in [0.2, 0.25) is 0 Å². The van der Waals surface area contributed by atoms with Crippen LogP contribution in [0.4, 0.5) is 15.8 Å². The number of anilines is 2. The van der Waals surface area contributed by atoms with Crippen molar-refractivity contribution in [2.24, 2.45) is 5.73 Å². The summed E-state index contributed by atoms with van der Waals surface area (Å²) in [5.74, 6) is -0.271. The summed E-state index contributed by atoms with van der Waals surface area (Å²) in [5, 5.41) is 0.577. The molecule has 0 radical (unpaired) electrons. The molecule has 0 fully saturated rings. The Hall–Kier alpha value is -1.58. The molecule has 0 saturated carbocycles. The van der Waals surface area contributed by atoms with Gasteiger partial charge >= 0.3 is 0 Å². The average molecular weight is 279 g/mol. The van der Waals surface area contributed by atoms with E-state index in [2.05, 4.69) is 0 Å². The summed E-state index contributed by atoms with van der Waals surface area (Å²) in [6.07, 6.45) is 0. The first-order valence-electron chi connectivity index (χ1n) is 6.18. The van der Waals surface area contributed by atoms with Crippen molar-refractivity contribution in [3.05, 3.63) is 58.9 Å². The Bertz CT molecular complexity index is 572. The second kappa shape index (κ2) is 6.04. The fraction of sp³-hybridized carbons (Fsp3) is 0.200. The fourth-order valence-electron chi connectivity index (χ4n) is 2.15. The molecule has 0 saturated heterocycles. The Balaban J connectivity index is 2.58. The van der Waals surface area contributed by atoms with Gasteiger partial charge < -0.3 is 10.6 Å². The smallest absolute Gasteiger partial charge is 0.146 e. The number of rotatable bonds is 4. The second-order valence-corrected chi connectivity index (χ2v) is 4.55. The fourth-order valence-corrected chi connectivity index (χ4v) is 2.44. The number of nitrogens with two attached hydrogens (primary N) is 1. The van der Waals surface area contributed by atoms with Crippen LogP contribution in [0.5, 0.6) is 0 Å². The van der Waals surface area contributed by atoms with Crippen molar-refractivity contribution in [2.45, 2.75) is 13.5 Å². The lowest BCUT2D eigenvalue weighted by molar-refractivity contribution is 0.625. The molecule has 4 heteroatoms. The molecule has 2 aromatic rings. The zero-order chi connectivity index (χ0) is 13.8. The number of hydrogen-bond donors (Lipinski definition) is 1. The average Bonchev–Trinajstić information content (AvgIpc) is 2.43. The van der Waals surface area contributed by atoms with E-state index in [9.17, 15) is 4.39 Å². The van der Waals surface area contributed by atoms with Gasteiger partial charge in [0, 0.05) is 13.1 Å². The molecule has 2 aromatic carbocycles. The van der Waals surface area contributed by atoms with Gasteiger partial charge in [-0.3, -0.25) is 0 Å². The summed E-state index contributed by atoms with van der Waals surface area (Å²) in [6.45, 7) is 2.93. The molecule has 2 rings (SSSR count). The third-order valence-electron chi connectivity index (χ3n) is 3.02. The largest absolute Gasteiger partial charge is 0.338 e. The lowest BCUT2D eigenvalue weighted by Gasteiger charge is -2.27. The number of hydrogen-bond acceptors (Lipinski definition) is 2. The molecule has 0 spiro atoms. The number of nitrogens with zero attached hydrogens (tertiary/aromatic N) is 1. The quantitative estimate of drug-likeness (QED) is 0.912. The topological polar surface area (TPSA) is 29.3 Å². The van der Waals surface area contributed by atoms with Gasteiger partial charge in [-0.1, -0.05) is 35.9 Å². The van der Waals surface area contributed by atoms with Crippen molar-refractivity contribution in [1.82, 2.24) is 0 Å². The molecular weight excluding hydrogens is 263 g/mol. The molecule has 2 N–H and O–H groups in total. The van der Waals surface area contributed by atoms with Gasteiger partial charge in [-0.2, -0.15) is 0 Å². The van der Waals surface area contributed by atoms with E-state index in [1.54, 1.807) is 24.3 Å². The molecule has 100 valence electrons. The normalized spacial score (nSPS) is 10.5. The minimum Gasteiger partial charge on any atom is -0.338 e. The van der Waals surface area contributed by atoms with Crippen LogP contribution in [0.3, 0.4) is 0 Å². The van der Waals surface area contributed by atoms with E-state index in [0.717, 1.165) is 11.3 Å². The van der Waals surface area contributed by atoms with Gasteiger partial charge in [-0.05, 0) is 30.7 Å². The highest BCUT2D eigenvalue weighted by Crippen LogP contribution is 2.35. The number of para-hydroxylation sites is 2. The summed E-state index contributed by atoms with van der Waals surface area (Å²) in [4.78, 5) is 1.85. The van der Waals surface area contributed by atoms with E-state index in [-0.39, 0.29) is 5.82 Å². The molecular formula is C15H16ClFN2. The Morgan fingerprint density at radius 1 is 1.16 bits per heavy atom. The molecule has 0 amide bonds. The maximum Gasteiger partial charge on any atom is 0.146 e. The van der Waals surface area contributed by atoms with Crippen molar-refractivity contribution in [3.8, 4) is 0 Å². The van der Waals surface area contributed by atoms with Crippen molar-refractivity contribution >= 4 is 23.0 Å². The zero-order valence-electron chi connectivity index (χ0n) is 10.7. The van der Waals surface area contributed by atoms with Crippen LogP contribution in [0, 0.1) is 5.82 Å². The second-order valence-electron chi connectivity index (χ2n) is 4.15. The maximum absolute atomic E-state index is 14.0. The molecule has 0 atom stereocenters. The van der Waals surface area contributed by atoms with E-state index in [4.69, 9.17) is 17.3 Å². The summed E-state index contributed by atoms with van der Waals surface area (Å²) in [5.41, 5.74) is 7.93. The number of halogens is 2. The molecule has 0 unspecified atom stereocenters. The van der Waals surface area contributed by atoms with Crippen molar-refractivity contribution in [3.63, 3.8) is 0 Å². The highest BCUT2D eigenvalue weighted by Gasteiger charge is 2.17. The molecule has 19 heavy (non-hydrogen) atoms. The molecule has 0 aromatic heterocycles. The van der Waals surface area contributed by atoms with Crippen molar-refractivity contribution < 1.29 is 4.39 Å². The van der Waals surface area contributed by atoms with Crippen LogP contribution in [-0.4, -0.2) is 6.54 Å². The zero-order valence-corrected chi connectivity index (χ0v) is 11.5. The van der Waals surface area contributed by atoms with E-state index >= 15 is 0 Å². The molecule has 0 heterocycles. The monoisotopic (exact) mass is 278 g/mol. The highest BCUT2D eigenvalue weighted by atomic mass is 35.5. The first kappa shape index (κ1) is 13.8. The van der Waals surface area contributed by atoms with Gasteiger partial charge in [-0.15, -0.1) is 0 Å². The van der Waals surface area contributed by atoms with Gasteiger partial charge in [0.15, 0.2) is 0 Å². The van der Waals surface area contributed by atoms with Crippen LogP contribution in [0.15, 0.2) is 42.5 Å². The van der Waals surface area contributed by atoms with Crippen LogP contribution in [0.2, 0.25) is 5.02 Å². The summed E-state index contributed by atoms with van der Waals surface area (Å²) < 4.78 is 14.0. The molecule has 2 nitrogen and oxygen atoms in total. The molecule has 0 aliphatic heterocycles. The van der Waals surface area contributed by atoms with Crippen molar-refractivity contribution in [1.29, 1.82) is 0 Å². The first-order chi connectivity index (χ1) is 9.19. The molecule has 0 bridgehead atoms. The molecule has 0 aliphatic rings.